The van der Waals surface area contributed by atoms with Crippen LogP contribution in [0.3, 0.4) is 0 Å². The number of hydrogen-bond donors (Lipinski definition) is 0. The van der Waals surface area contributed by atoms with Crippen LogP contribution in [0.25, 0.3) is 5.57 Å². The molecule has 0 amide bonds. The van der Waals surface area contributed by atoms with Gasteiger partial charge in [-0.25, -0.2) is 0 Å². The van der Waals surface area contributed by atoms with Crippen molar-refractivity contribution in [3.8, 4) is 0 Å². The Labute approximate surface area is 119 Å². The maximum absolute atomic E-state index is 2.36. The van der Waals surface area contributed by atoms with Crippen molar-refractivity contribution in [1.82, 2.24) is 0 Å². The number of rotatable bonds is 2. The minimum atomic E-state index is 0.394. The molecule has 0 bridgehead atoms. The van der Waals surface area contributed by atoms with Crippen LogP contribution in [0.2, 0.25) is 0 Å². The lowest BCUT2D eigenvalue weighted by atomic mass is 9.93. The van der Waals surface area contributed by atoms with E-state index in [1.165, 1.54) is 22.4 Å². The number of para-hydroxylation sites is 1. The van der Waals surface area contributed by atoms with Gasteiger partial charge in [-0.1, -0.05) is 48.5 Å². The third-order valence-corrected chi connectivity index (χ3v) is 4.53. The summed E-state index contributed by atoms with van der Waals surface area (Å²) in [7, 11) is 2.16. The Bertz CT molecular complexity index is 604. The summed E-state index contributed by atoms with van der Waals surface area (Å²) in [6, 6.07) is 19.3. The quantitative estimate of drug-likeness (QED) is 0.800. The molecule has 2 heteroatoms. The summed E-state index contributed by atoms with van der Waals surface area (Å²) in [4.78, 5) is 2.34. The molecule has 1 nitrogen and oxygen atoms in total. The highest BCUT2D eigenvalue weighted by Crippen LogP contribution is 2.38. The van der Waals surface area contributed by atoms with Crippen molar-refractivity contribution >= 4 is 23.0 Å². The van der Waals surface area contributed by atoms with Crippen molar-refractivity contribution in [1.29, 1.82) is 0 Å². The van der Waals surface area contributed by atoms with Gasteiger partial charge in [-0.2, -0.15) is 0 Å². The Morgan fingerprint density at radius 3 is 2.37 bits per heavy atom. The molecule has 3 rings (SSSR count). The molecule has 0 aromatic heterocycles. The van der Waals surface area contributed by atoms with Gasteiger partial charge in [0.05, 0.1) is 5.37 Å². The van der Waals surface area contributed by atoms with Crippen LogP contribution in [0.4, 0.5) is 5.69 Å². The van der Waals surface area contributed by atoms with E-state index < -0.39 is 0 Å². The highest BCUT2D eigenvalue weighted by molar-refractivity contribution is 7.99. The normalized spacial score (nSPS) is 17.9. The predicted octanol–water partition coefficient (Wildman–Crippen LogP) is 4.26. The summed E-state index contributed by atoms with van der Waals surface area (Å²) >= 11 is 1.87. The highest BCUT2D eigenvalue weighted by atomic mass is 32.2. The molecule has 19 heavy (non-hydrogen) atoms. The number of fused-ring (bicyclic) bond motifs is 1. The van der Waals surface area contributed by atoms with E-state index >= 15 is 0 Å². The molecular formula is C17H17NS. The third kappa shape index (κ3) is 2.17. The molecule has 2 aromatic rings. The smallest absolute Gasteiger partial charge is 0.0939 e. The van der Waals surface area contributed by atoms with Gasteiger partial charge in [-0.15, -0.1) is 11.8 Å². The summed E-state index contributed by atoms with van der Waals surface area (Å²) in [5, 5.41) is 0.394. The van der Waals surface area contributed by atoms with Crippen molar-refractivity contribution in [3.05, 3.63) is 71.8 Å². The average molecular weight is 267 g/mol. The number of likely N-dealkylation sites (N-methyl/N-ethyl adjacent to an activating group) is 1. The van der Waals surface area contributed by atoms with Gasteiger partial charge in [0.2, 0.25) is 0 Å². The molecule has 0 N–H and O–H groups in total. The number of benzene rings is 2. The van der Waals surface area contributed by atoms with Crippen molar-refractivity contribution in [2.75, 3.05) is 18.2 Å². The fourth-order valence-corrected chi connectivity index (χ4v) is 3.29. The van der Waals surface area contributed by atoms with Crippen LogP contribution in [-0.4, -0.2) is 18.7 Å². The lowest BCUT2D eigenvalue weighted by Gasteiger charge is -2.34. The fourth-order valence-electron chi connectivity index (χ4n) is 2.59. The van der Waals surface area contributed by atoms with Crippen molar-refractivity contribution < 1.29 is 0 Å². The summed E-state index contributed by atoms with van der Waals surface area (Å²) < 4.78 is 0. The summed E-state index contributed by atoms with van der Waals surface area (Å²) in [6.45, 7) is 0. The Hall–Kier alpha value is -1.67. The summed E-state index contributed by atoms with van der Waals surface area (Å²) in [5.41, 5.74) is 5.26. The standard InChI is InChI=1S/C17H17NS/c1-18-16-11-7-6-10-14(16)15(12-17(18)19-2)13-8-4-3-5-9-13/h3-12,17H,1-2H3. The third-order valence-electron chi connectivity index (χ3n) is 3.59. The molecule has 0 spiro atoms. The van der Waals surface area contributed by atoms with Crippen molar-refractivity contribution in [2.24, 2.45) is 0 Å². The number of nitrogens with zero attached hydrogens (tertiary/aromatic N) is 1. The molecule has 0 saturated heterocycles. The van der Waals surface area contributed by atoms with E-state index in [0.29, 0.717) is 5.37 Å². The summed E-state index contributed by atoms with van der Waals surface area (Å²) in [5.74, 6) is 0. The minimum Gasteiger partial charge on any atom is -0.359 e. The van der Waals surface area contributed by atoms with Crippen molar-refractivity contribution in [3.63, 3.8) is 0 Å². The van der Waals surface area contributed by atoms with Crippen LogP contribution in [0, 0.1) is 0 Å². The second-order valence-corrected chi connectivity index (χ2v) is 5.66. The van der Waals surface area contributed by atoms with E-state index in [1.807, 2.05) is 11.8 Å². The van der Waals surface area contributed by atoms with Gasteiger partial charge in [0.25, 0.3) is 0 Å². The SMILES string of the molecule is CSC1C=C(c2ccccc2)c2ccccc2N1C. The zero-order valence-corrected chi connectivity index (χ0v) is 12.0. The second kappa shape index (κ2) is 5.14. The van der Waals surface area contributed by atoms with E-state index in [0.717, 1.165) is 0 Å². The molecule has 0 fully saturated rings. The van der Waals surface area contributed by atoms with Crippen LogP contribution in [0.1, 0.15) is 11.1 Å². The van der Waals surface area contributed by atoms with Crippen LogP contribution in [-0.2, 0) is 0 Å². The molecule has 1 heterocycles. The second-order valence-electron chi connectivity index (χ2n) is 4.70. The maximum atomic E-state index is 2.36. The first-order valence-electron chi connectivity index (χ1n) is 6.43. The molecule has 1 aliphatic rings. The van der Waals surface area contributed by atoms with Gasteiger partial charge in [0.1, 0.15) is 0 Å². The molecule has 0 radical (unpaired) electrons. The minimum absolute atomic E-state index is 0.394. The molecule has 1 unspecified atom stereocenters. The van der Waals surface area contributed by atoms with E-state index in [4.69, 9.17) is 0 Å². The number of anilines is 1. The van der Waals surface area contributed by atoms with E-state index in [-0.39, 0.29) is 0 Å². The monoisotopic (exact) mass is 267 g/mol. The van der Waals surface area contributed by atoms with E-state index in [2.05, 4.69) is 78.9 Å². The largest absolute Gasteiger partial charge is 0.359 e. The number of hydrogen-bond acceptors (Lipinski definition) is 2. The van der Waals surface area contributed by atoms with Gasteiger partial charge in [-0.3, -0.25) is 0 Å². The Morgan fingerprint density at radius 1 is 0.947 bits per heavy atom. The van der Waals surface area contributed by atoms with Gasteiger partial charge in [0, 0.05) is 18.3 Å². The molecular weight excluding hydrogens is 250 g/mol. The lowest BCUT2D eigenvalue weighted by Crippen LogP contribution is -2.30. The van der Waals surface area contributed by atoms with Gasteiger partial charge >= 0.3 is 0 Å². The Balaban J connectivity index is 2.17. The van der Waals surface area contributed by atoms with E-state index in [1.54, 1.807) is 0 Å². The zero-order chi connectivity index (χ0) is 13.2. The molecule has 0 saturated carbocycles. The van der Waals surface area contributed by atoms with Crippen LogP contribution in [0.5, 0.6) is 0 Å². The molecule has 2 aromatic carbocycles. The van der Waals surface area contributed by atoms with Gasteiger partial charge < -0.3 is 4.90 Å². The lowest BCUT2D eigenvalue weighted by molar-refractivity contribution is 0.962. The Morgan fingerprint density at radius 2 is 1.63 bits per heavy atom. The average Bonchev–Trinajstić information content (AvgIpc) is 2.49. The van der Waals surface area contributed by atoms with Gasteiger partial charge in [0.15, 0.2) is 0 Å². The molecule has 1 atom stereocenters. The fraction of sp³-hybridized carbons (Fsp3) is 0.176. The Kier molecular flexibility index (Phi) is 3.34. The zero-order valence-electron chi connectivity index (χ0n) is 11.2. The maximum Gasteiger partial charge on any atom is 0.0939 e. The van der Waals surface area contributed by atoms with Crippen LogP contribution in [0.15, 0.2) is 60.7 Å². The van der Waals surface area contributed by atoms with Crippen LogP contribution < -0.4 is 4.90 Å². The van der Waals surface area contributed by atoms with Gasteiger partial charge in [-0.05, 0) is 29.5 Å². The predicted molar refractivity (Wildman–Crippen MR) is 85.7 cm³/mol. The summed E-state index contributed by atoms with van der Waals surface area (Å²) in [6.07, 6.45) is 4.52. The molecule has 96 valence electrons. The first-order valence-corrected chi connectivity index (χ1v) is 7.72. The van der Waals surface area contributed by atoms with Crippen molar-refractivity contribution in [2.45, 2.75) is 5.37 Å². The first-order chi connectivity index (χ1) is 9.31. The topological polar surface area (TPSA) is 3.24 Å². The molecule has 1 aliphatic heterocycles. The molecule has 0 aliphatic carbocycles. The van der Waals surface area contributed by atoms with E-state index in [9.17, 15) is 0 Å². The van der Waals surface area contributed by atoms with Crippen LogP contribution >= 0.6 is 11.8 Å². The number of thioether (sulfide) groups is 1. The first kappa shape index (κ1) is 12.4. The highest BCUT2D eigenvalue weighted by Gasteiger charge is 2.23.